The molecule has 18 heteroatoms. The van der Waals surface area contributed by atoms with Gasteiger partial charge in [-0.15, -0.1) is 13.2 Å². The van der Waals surface area contributed by atoms with Crippen molar-refractivity contribution in [2.45, 2.75) is 63.6 Å². The number of alkyl halides is 3. The van der Waals surface area contributed by atoms with E-state index in [2.05, 4.69) is 45.4 Å². The number of anilines is 3. The van der Waals surface area contributed by atoms with Crippen LogP contribution < -0.4 is 30.3 Å². The second-order valence-electron chi connectivity index (χ2n) is 17.2. The number of hydrogen-bond acceptors (Lipinski definition) is 12. The topological polar surface area (TPSA) is 171 Å². The van der Waals surface area contributed by atoms with Crippen LogP contribution in [0.2, 0.25) is 0 Å². The number of imide groups is 1. The summed E-state index contributed by atoms with van der Waals surface area (Å²) >= 11 is 0. The number of carbonyl (C=O) groups is 4. The molecule has 4 amide bonds. The van der Waals surface area contributed by atoms with Crippen LogP contribution in [0, 0.1) is 17.8 Å². The molecule has 4 aromatic rings. The lowest BCUT2D eigenvalue weighted by molar-refractivity contribution is -0.274. The number of nitrogens with zero attached hydrogens (tertiary/aromatic N) is 6. The molecule has 1 atom stereocenters. The average Bonchev–Trinajstić information content (AvgIpc) is 3.31. The van der Waals surface area contributed by atoms with E-state index in [9.17, 15) is 32.3 Å². The fraction of sp³-hybridized carbons (Fsp3) is 0.468. The molecule has 65 heavy (non-hydrogen) atoms. The highest BCUT2D eigenvalue weighted by Crippen LogP contribution is 2.33. The Bertz CT molecular complexity index is 2280. The van der Waals surface area contributed by atoms with Crippen molar-refractivity contribution in [3.05, 3.63) is 84.8 Å². The Hall–Kier alpha value is -6.30. The monoisotopic (exact) mass is 897 g/mol. The third kappa shape index (κ3) is 12.3. The van der Waals surface area contributed by atoms with E-state index >= 15 is 0 Å². The number of nitrogens with one attached hydrogen (secondary N) is 3. The van der Waals surface area contributed by atoms with Crippen molar-refractivity contribution in [3.8, 4) is 22.8 Å². The third-order valence-electron chi connectivity index (χ3n) is 12.8. The molecular formula is C47H54F3N9O6. The molecule has 1 unspecified atom stereocenters. The highest BCUT2D eigenvalue weighted by molar-refractivity contribution is 6.01. The number of carbonyl (C=O) groups excluding carboxylic acids is 4. The van der Waals surface area contributed by atoms with Crippen LogP contribution in [0.25, 0.3) is 11.3 Å². The Morgan fingerprint density at radius 1 is 0.785 bits per heavy atom. The fourth-order valence-electron chi connectivity index (χ4n) is 9.24. The van der Waals surface area contributed by atoms with Gasteiger partial charge in [0.1, 0.15) is 36.1 Å². The van der Waals surface area contributed by atoms with Gasteiger partial charge in [0.15, 0.2) is 0 Å². The molecule has 344 valence electrons. The molecule has 3 N–H and O–H groups in total. The number of pyridine rings is 1. The van der Waals surface area contributed by atoms with Gasteiger partial charge in [0.25, 0.3) is 0 Å². The molecule has 3 saturated heterocycles. The van der Waals surface area contributed by atoms with Crippen LogP contribution in [0.1, 0.15) is 62.8 Å². The standard InChI is InChI=1S/C47H54F3N9O6/c48-47(49,50)65-38-11-7-36(8-12-38)55-41-28-40(53-30-54-41)32-5-9-37(10-6-32)64-26-19-52-44(61)33-1-3-34(4-2-33)46(63)59-24-22-57(23-25-59)29-31-16-20-58(21-17-31)42-27-35(15-18-51-42)39-13-14-43(60)56-45(39)62/h5-12,15,18,27-28,30-31,33-34,39H,1-4,13-14,16-17,19-26,29H2,(H,52,61)(H,53,54,55)(H,56,60,62). The summed E-state index contributed by atoms with van der Waals surface area (Å²) in [6.07, 6.45) is 4.15. The normalized spacial score (nSPS) is 21.1. The summed E-state index contributed by atoms with van der Waals surface area (Å²) in [5.41, 5.74) is 2.86. The highest BCUT2D eigenvalue weighted by atomic mass is 19.4. The third-order valence-corrected chi connectivity index (χ3v) is 12.8. The van der Waals surface area contributed by atoms with Gasteiger partial charge in [0, 0.05) is 87.6 Å². The summed E-state index contributed by atoms with van der Waals surface area (Å²) in [5, 5.41) is 8.50. The number of aromatic nitrogens is 3. The van der Waals surface area contributed by atoms with E-state index in [1.807, 2.05) is 41.3 Å². The van der Waals surface area contributed by atoms with E-state index in [1.165, 1.54) is 30.6 Å². The quantitative estimate of drug-likeness (QED) is 0.0989. The predicted molar refractivity (Wildman–Crippen MR) is 235 cm³/mol. The van der Waals surface area contributed by atoms with E-state index in [1.54, 1.807) is 12.3 Å². The number of amides is 4. The molecule has 0 spiro atoms. The highest BCUT2D eigenvalue weighted by Gasteiger charge is 2.35. The summed E-state index contributed by atoms with van der Waals surface area (Å²) in [6, 6.07) is 18.2. The SMILES string of the molecule is O=C1CCC(c2ccnc(N3CCC(CN4CCN(C(=O)C5CCC(C(=O)NCCOc6ccc(-c7cc(Nc8ccc(OC(F)(F)F)cc8)ncn7)cc6)CC5)CC4)CC3)c2)C(=O)N1. The molecule has 0 bridgehead atoms. The first-order valence-corrected chi connectivity index (χ1v) is 22.4. The van der Waals surface area contributed by atoms with Crippen molar-refractivity contribution in [3.63, 3.8) is 0 Å². The van der Waals surface area contributed by atoms with Gasteiger partial charge in [-0.05, 0) is 117 Å². The second-order valence-corrected chi connectivity index (χ2v) is 17.2. The lowest BCUT2D eigenvalue weighted by atomic mass is 9.81. The van der Waals surface area contributed by atoms with Gasteiger partial charge in [-0.3, -0.25) is 29.4 Å². The van der Waals surface area contributed by atoms with Crippen molar-refractivity contribution in [2.75, 3.05) is 69.2 Å². The average molecular weight is 898 g/mol. The summed E-state index contributed by atoms with van der Waals surface area (Å²) in [6.45, 7) is 6.63. The molecule has 1 saturated carbocycles. The minimum absolute atomic E-state index is 0.00920. The number of rotatable bonds is 14. The minimum Gasteiger partial charge on any atom is -0.492 e. The van der Waals surface area contributed by atoms with Crippen molar-refractivity contribution >= 4 is 41.0 Å². The molecule has 3 aliphatic heterocycles. The Morgan fingerprint density at radius 2 is 1.49 bits per heavy atom. The zero-order chi connectivity index (χ0) is 45.3. The fourth-order valence-corrected chi connectivity index (χ4v) is 9.24. The molecule has 15 nitrogen and oxygen atoms in total. The van der Waals surface area contributed by atoms with Crippen LogP contribution in [0.5, 0.6) is 11.5 Å². The molecule has 1 aliphatic carbocycles. The van der Waals surface area contributed by atoms with Gasteiger partial charge in [0.2, 0.25) is 23.6 Å². The summed E-state index contributed by atoms with van der Waals surface area (Å²) in [5.74, 6) is 1.49. The van der Waals surface area contributed by atoms with Crippen LogP contribution >= 0.6 is 0 Å². The molecule has 8 rings (SSSR count). The van der Waals surface area contributed by atoms with Crippen LogP contribution in [0.4, 0.5) is 30.5 Å². The van der Waals surface area contributed by atoms with Gasteiger partial charge in [-0.25, -0.2) is 15.0 Å². The van der Waals surface area contributed by atoms with E-state index in [-0.39, 0.29) is 47.1 Å². The minimum atomic E-state index is -4.76. The number of halogens is 3. The summed E-state index contributed by atoms with van der Waals surface area (Å²) in [4.78, 5) is 70.5. The second kappa shape index (κ2) is 20.7. The zero-order valence-corrected chi connectivity index (χ0v) is 36.1. The first-order chi connectivity index (χ1) is 31.4. The van der Waals surface area contributed by atoms with Crippen molar-refractivity contribution in [1.82, 2.24) is 35.4 Å². The maximum atomic E-state index is 13.5. The van der Waals surface area contributed by atoms with Gasteiger partial charge >= 0.3 is 6.36 Å². The Balaban J connectivity index is 0.692. The number of ether oxygens (including phenoxy) is 2. The van der Waals surface area contributed by atoms with Gasteiger partial charge < -0.3 is 29.9 Å². The lowest BCUT2D eigenvalue weighted by Crippen LogP contribution is -2.52. The van der Waals surface area contributed by atoms with Gasteiger partial charge in [-0.1, -0.05) is 0 Å². The van der Waals surface area contributed by atoms with E-state index in [4.69, 9.17) is 4.74 Å². The molecular weight excluding hydrogens is 844 g/mol. The van der Waals surface area contributed by atoms with Crippen LogP contribution in [0.3, 0.4) is 0 Å². The number of piperidine rings is 2. The van der Waals surface area contributed by atoms with Gasteiger partial charge in [-0.2, -0.15) is 0 Å². The van der Waals surface area contributed by atoms with Crippen LogP contribution in [-0.2, 0) is 19.2 Å². The van der Waals surface area contributed by atoms with Crippen molar-refractivity contribution in [2.24, 2.45) is 17.8 Å². The Morgan fingerprint density at radius 3 is 2.20 bits per heavy atom. The Kier molecular flexibility index (Phi) is 14.4. The first-order valence-electron chi connectivity index (χ1n) is 22.4. The predicted octanol–water partition coefficient (Wildman–Crippen LogP) is 6.06. The molecule has 4 fully saturated rings. The maximum Gasteiger partial charge on any atom is 0.573 e. The van der Waals surface area contributed by atoms with Crippen LogP contribution in [0.15, 0.2) is 79.3 Å². The molecule has 5 heterocycles. The van der Waals surface area contributed by atoms with Gasteiger partial charge in [0.05, 0.1) is 18.2 Å². The number of piperazine rings is 1. The molecule has 4 aliphatic rings. The molecule has 0 radical (unpaired) electrons. The summed E-state index contributed by atoms with van der Waals surface area (Å²) < 4.78 is 47.2. The van der Waals surface area contributed by atoms with E-state index in [0.29, 0.717) is 80.5 Å². The maximum absolute atomic E-state index is 13.5. The van der Waals surface area contributed by atoms with Crippen LogP contribution in [-0.4, -0.2) is 114 Å². The van der Waals surface area contributed by atoms with E-state index in [0.717, 1.165) is 75.6 Å². The molecule has 2 aromatic carbocycles. The number of hydrogen-bond donors (Lipinski definition) is 3. The van der Waals surface area contributed by atoms with Crippen molar-refractivity contribution in [1.29, 1.82) is 0 Å². The van der Waals surface area contributed by atoms with E-state index < -0.39 is 6.36 Å². The smallest absolute Gasteiger partial charge is 0.492 e. The molecule has 2 aromatic heterocycles. The Labute approximate surface area is 375 Å². The summed E-state index contributed by atoms with van der Waals surface area (Å²) in [7, 11) is 0. The van der Waals surface area contributed by atoms with Crippen molar-refractivity contribution < 1.29 is 41.8 Å². The zero-order valence-electron chi connectivity index (χ0n) is 36.1. The largest absolute Gasteiger partial charge is 0.573 e. The lowest BCUT2D eigenvalue weighted by Gasteiger charge is -2.40. The number of benzene rings is 2. The first kappa shape index (κ1) is 45.3.